The summed E-state index contributed by atoms with van der Waals surface area (Å²) in [6.45, 7) is 4.17. The number of anilines is 1. The average molecular weight is 297 g/mol. The molecule has 0 aliphatic carbocycles. The molecule has 2 rings (SSSR count). The van der Waals surface area contributed by atoms with Gasteiger partial charge in [-0.25, -0.2) is 0 Å². The molecule has 0 unspecified atom stereocenters. The second-order valence-corrected chi connectivity index (χ2v) is 5.38. The van der Waals surface area contributed by atoms with Crippen LogP contribution in [0.5, 0.6) is 0 Å². The first kappa shape index (κ1) is 12.6. The van der Waals surface area contributed by atoms with Gasteiger partial charge in [-0.2, -0.15) is 0 Å². The van der Waals surface area contributed by atoms with E-state index in [0.29, 0.717) is 0 Å². The third kappa shape index (κ3) is 3.07. The van der Waals surface area contributed by atoms with E-state index in [9.17, 15) is 4.79 Å². The molecule has 0 N–H and O–H groups in total. The molecule has 1 aromatic carbocycles. The van der Waals surface area contributed by atoms with Crippen LogP contribution in [0.4, 0.5) is 5.69 Å². The number of hydrogen-bond acceptors (Lipinski definition) is 3. The van der Waals surface area contributed by atoms with Gasteiger partial charge in [0.2, 0.25) is 0 Å². The Morgan fingerprint density at radius 3 is 2.82 bits per heavy atom. The number of nitrogens with zero attached hydrogens (tertiary/aromatic N) is 2. The van der Waals surface area contributed by atoms with Crippen molar-refractivity contribution in [2.75, 3.05) is 38.1 Å². The Bertz CT molecular complexity index is 408. The van der Waals surface area contributed by atoms with E-state index < -0.39 is 0 Å². The molecule has 0 bridgehead atoms. The summed E-state index contributed by atoms with van der Waals surface area (Å²) in [5.74, 6) is 0. The molecule has 4 heteroatoms. The van der Waals surface area contributed by atoms with Crippen LogP contribution in [0.1, 0.15) is 16.8 Å². The van der Waals surface area contributed by atoms with Crippen molar-refractivity contribution in [3.05, 3.63) is 28.2 Å². The first-order chi connectivity index (χ1) is 8.20. The maximum atomic E-state index is 11.1. The molecule has 0 spiro atoms. The molecular weight excluding hydrogens is 280 g/mol. The summed E-state index contributed by atoms with van der Waals surface area (Å²) < 4.78 is 1.02. The highest BCUT2D eigenvalue weighted by molar-refractivity contribution is 9.10. The fourth-order valence-electron chi connectivity index (χ4n) is 2.18. The largest absolute Gasteiger partial charge is 0.370 e. The summed E-state index contributed by atoms with van der Waals surface area (Å²) in [4.78, 5) is 15.7. The lowest BCUT2D eigenvalue weighted by Gasteiger charge is -2.24. The van der Waals surface area contributed by atoms with E-state index in [-0.39, 0.29) is 0 Å². The van der Waals surface area contributed by atoms with Crippen molar-refractivity contribution in [2.45, 2.75) is 6.42 Å². The quantitative estimate of drug-likeness (QED) is 0.783. The Kier molecular flexibility index (Phi) is 4.18. The van der Waals surface area contributed by atoms with Gasteiger partial charge in [-0.05, 0) is 38.2 Å². The second-order valence-electron chi connectivity index (χ2n) is 4.46. The Morgan fingerprint density at radius 2 is 2.06 bits per heavy atom. The van der Waals surface area contributed by atoms with Gasteiger partial charge >= 0.3 is 0 Å². The maximum absolute atomic E-state index is 11.1. The van der Waals surface area contributed by atoms with Gasteiger partial charge in [0.05, 0.1) is 0 Å². The van der Waals surface area contributed by atoms with Crippen molar-refractivity contribution in [2.24, 2.45) is 0 Å². The number of likely N-dealkylation sites (N-methyl/N-ethyl adjacent to an activating group) is 1. The molecular formula is C13H17BrN2O. The lowest BCUT2D eigenvalue weighted by atomic mass is 10.1. The molecule has 1 aliphatic heterocycles. The highest BCUT2D eigenvalue weighted by Crippen LogP contribution is 2.25. The van der Waals surface area contributed by atoms with Gasteiger partial charge in [-0.15, -0.1) is 0 Å². The minimum atomic E-state index is 0.776. The van der Waals surface area contributed by atoms with Crippen LogP contribution in [-0.2, 0) is 0 Å². The first-order valence-corrected chi connectivity index (χ1v) is 6.68. The molecule has 0 saturated carbocycles. The fourth-order valence-corrected chi connectivity index (χ4v) is 2.53. The van der Waals surface area contributed by atoms with Crippen LogP contribution >= 0.6 is 15.9 Å². The summed E-state index contributed by atoms with van der Waals surface area (Å²) in [5.41, 5.74) is 1.82. The van der Waals surface area contributed by atoms with Crippen molar-refractivity contribution in [1.82, 2.24) is 4.90 Å². The molecule has 1 fully saturated rings. The smallest absolute Gasteiger partial charge is 0.152 e. The lowest BCUT2D eigenvalue weighted by Crippen LogP contribution is -2.29. The first-order valence-electron chi connectivity index (χ1n) is 5.89. The minimum Gasteiger partial charge on any atom is -0.370 e. The maximum Gasteiger partial charge on any atom is 0.152 e. The SMILES string of the molecule is CN1CCCN(c2cc(Br)ccc2C=O)CC1. The Labute approximate surface area is 111 Å². The molecule has 1 aliphatic rings. The van der Waals surface area contributed by atoms with E-state index in [4.69, 9.17) is 0 Å². The Morgan fingerprint density at radius 1 is 1.24 bits per heavy atom. The molecule has 92 valence electrons. The number of hydrogen-bond donors (Lipinski definition) is 0. The Hall–Kier alpha value is -0.870. The topological polar surface area (TPSA) is 23.6 Å². The van der Waals surface area contributed by atoms with Crippen LogP contribution in [0.2, 0.25) is 0 Å². The summed E-state index contributed by atoms with van der Waals surface area (Å²) in [6.07, 6.45) is 2.08. The number of carbonyl (C=O) groups excluding carboxylic acids is 1. The monoisotopic (exact) mass is 296 g/mol. The van der Waals surface area contributed by atoms with E-state index in [1.54, 1.807) is 0 Å². The third-order valence-corrected chi connectivity index (χ3v) is 3.67. The summed E-state index contributed by atoms with van der Waals surface area (Å²) in [6, 6.07) is 5.83. The van der Waals surface area contributed by atoms with Crippen LogP contribution in [0.15, 0.2) is 22.7 Å². The highest BCUT2D eigenvalue weighted by Gasteiger charge is 2.15. The van der Waals surface area contributed by atoms with Gasteiger partial charge in [-0.3, -0.25) is 4.79 Å². The van der Waals surface area contributed by atoms with Crippen molar-refractivity contribution < 1.29 is 4.79 Å². The number of benzene rings is 1. The molecule has 1 heterocycles. The van der Waals surface area contributed by atoms with Gasteiger partial charge in [0.15, 0.2) is 6.29 Å². The zero-order chi connectivity index (χ0) is 12.3. The molecule has 3 nitrogen and oxygen atoms in total. The third-order valence-electron chi connectivity index (χ3n) is 3.18. The van der Waals surface area contributed by atoms with Gasteiger partial charge < -0.3 is 9.80 Å². The molecule has 0 amide bonds. The van der Waals surface area contributed by atoms with Crippen LogP contribution in [0, 0.1) is 0 Å². The van der Waals surface area contributed by atoms with Crippen molar-refractivity contribution >= 4 is 27.9 Å². The van der Waals surface area contributed by atoms with Crippen molar-refractivity contribution in [3.8, 4) is 0 Å². The van der Waals surface area contributed by atoms with Crippen molar-refractivity contribution in [3.63, 3.8) is 0 Å². The van der Waals surface area contributed by atoms with Crippen LogP contribution in [-0.4, -0.2) is 44.4 Å². The molecule has 0 atom stereocenters. The molecule has 0 radical (unpaired) electrons. The molecule has 1 aromatic rings. The Balaban J connectivity index is 2.25. The van der Waals surface area contributed by atoms with E-state index in [1.165, 1.54) is 0 Å². The van der Waals surface area contributed by atoms with Crippen LogP contribution in [0.3, 0.4) is 0 Å². The molecule has 0 aromatic heterocycles. The lowest BCUT2D eigenvalue weighted by molar-refractivity contribution is 0.112. The summed E-state index contributed by atoms with van der Waals surface area (Å²) >= 11 is 3.47. The standard InChI is InChI=1S/C13H17BrN2O/c1-15-5-2-6-16(8-7-15)13-9-12(14)4-3-11(13)10-17/h3-4,9-10H,2,5-8H2,1H3. The predicted octanol–water partition coefficient (Wildman–Crippen LogP) is 2.40. The predicted molar refractivity (Wildman–Crippen MR) is 73.9 cm³/mol. The second kappa shape index (κ2) is 5.65. The van der Waals surface area contributed by atoms with E-state index >= 15 is 0 Å². The van der Waals surface area contributed by atoms with Crippen molar-refractivity contribution in [1.29, 1.82) is 0 Å². The number of carbonyl (C=O) groups is 1. The van der Waals surface area contributed by atoms with Crippen LogP contribution in [0.25, 0.3) is 0 Å². The number of aldehydes is 1. The minimum absolute atomic E-state index is 0.776. The summed E-state index contributed by atoms with van der Waals surface area (Å²) in [5, 5.41) is 0. The van der Waals surface area contributed by atoms with E-state index in [1.807, 2.05) is 18.2 Å². The number of halogens is 1. The molecule has 1 saturated heterocycles. The normalized spacial score (nSPS) is 17.9. The van der Waals surface area contributed by atoms with Gasteiger partial charge in [-0.1, -0.05) is 15.9 Å². The van der Waals surface area contributed by atoms with Gasteiger partial charge in [0.1, 0.15) is 0 Å². The average Bonchev–Trinajstić information content (AvgIpc) is 2.54. The van der Waals surface area contributed by atoms with E-state index in [0.717, 1.165) is 54.6 Å². The number of rotatable bonds is 2. The zero-order valence-electron chi connectivity index (χ0n) is 10.0. The van der Waals surface area contributed by atoms with Gasteiger partial charge in [0.25, 0.3) is 0 Å². The fraction of sp³-hybridized carbons (Fsp3) is 0.462. The zero-order valence-corrected chi connectivity index (χ0v) is 11.6. The van der Waals surface area contributed by atoms with E-state index in [2.05, 4.69) is 32.8 Å². The molecule has 17 heavy (non-hydrogen) atoms. The summed E-state index contributed by atoms with van der Waals surface area (Å²) in [7, 11) is 2.14. The van der Waals surface area contributed by atoms with Crippen LogP contribution < -0.4 is 4.90 Å². The van der Waals surface area contributed by atoms with Gasteiger partial charge in [0, 0.05) is 35.4 Å². The highest BCUT2D eigenvalue weighted by atomic mass is 79.9.